The van der Waals surface area contributed by atoms with Gasteiger partial charge in [-0.1, -0.05) is 0 Å². The molecule has 0 radical (unpaired) electrons. The first-order valence-corrected chi connectivity index (χ1v) is 11.3. The first-order chi connectivity index (χ1) is 14.5. The third kappa shape index (κ3) is 2.65. The Morgan fingerprint density at radius 1 is 1.13 bits per heavy atom. The van der Waals surface area contributed by atoms with Crippen LogP contribution in [0.15, 0.2) is 41.5 Å². The fraction of sp³-hybridized carbons (Fsp3) is 0.542. The predicted molar refractivity (Wildman–Crippen MR) is 115 cm³/mol. The quantitative estimate of drug-likeness (QED) is 0.725. The number of carbonyl (C=O) groups is 1. The molecule has 6 heteroatoms. The minimum Gasteiger partial charge on any atom is -0.352 e. The average molecular weight is 405 g/mol. The highest BCUT2D eigenvalue weighted by molar-refractivity contribution is 5.80. The molecule has 1 amide bonds. The number of rotatable bonds is 4. The van der Waals surface area contributed by atoms with Crippen LogP contribution < -0.4 is 10.9 Å². The van der Waals surface area contributed by atoms with Crippen LogP contribution in [0.3, 0.4) is 0 Å². The van der Waals surface area contributed by atoms with Gasteiger partial charge in [-0.3, -0.25) is 14.2 Å². The van der Waals surface area contributed by atoms with Crippen molar-refractivity contribution in [2.24, 2.45) is 23.2 Å². The molecule has 1 N–H and O–H groups in total. The number of nitrogens with zero attached hydrogens (tertiary/aromatic N) is 3. The minimum absolute atomic E-state index is 0.00469. The highest BCUT2D eigenvalue weighted by Gasteiger charge is 2.53. The summed E-state index contributed by atoms with van der Waals surface area (Å²) in [6.45, 7) is 2.19. The summed E-state index contributed by atoms with van der Waals surface area (Å²) < 4.78 is 3.36. The van der Waals surface area contributed by atoms with Gasteiger partial charge in [0.15, 0.2) is 5.65 Å². The molecule has 3 aromatic heterocycles. The number of hydrogen-bond donors (Lipinski definition) is 1. The summed E-state index contributed by atoms with van der Waals surface area (Å²) in [5.41, 5.74) is 2.02. The molecule has 30 heavy (non-hydrogen) atoms. The van der Waals surface area contributed by atoms with E-state index in [-0.39, 0.29) is 29.5 Å². The van der Waals surface area contributed by atoms with Crippen molar-refractivity contribution in [1.82, 2.24) is 19.3 Å². The number of carbonyl (C=O) groups excluding carboxylic acids is 1. The van der Waals surface area contributed by atoms with Crippen molar-refractivity contribution in [2.45, 2.75) is 58.0 Å². The van der Waals surface area contributed by atoms with Crippen molar-refractivity contribution in [3.05, 3.63) is 47.0 Å². The topological polar surface area (TPSA) is 68.4 Å². The Hall–Kier alpha value is -2.63. The number of aromatic nitrogens is 3. The van der Waals surface area contributed by atoms with Crippen LogP contribution in [0.25, 0.3) is 16.7 Å². The summed E-state index contributed by atoms with van der Waals surface area (Å²) >= 11 is 0. The van der Waals surface area contributed by atoms with Crippen LogP contribution in [0.4, 0.5) is 0 Å². The highest BCUT2D eigenvalue weighted by atomic mass is 16.2. The molecule has 0 saturated heterocycles. The van der Waals surface area contributed by atoms with Gasteiger partial charge in [0, 0.05) is 18.4 Å². The Balaban J connectivity index is 1.29. The van der Waals surface area contributed by atoms with Gasteiger partial charge >= 0.3 is 0 Å². The Kier molecular flexibility index (Phi) is 3.89. The lowest BCUT2D eigenvalue weighted by atomic mass is 9.48. The van der Waals surface area contributed by atoms with Crippen molar-refractivity contribution in [2.75, 3.05) is 0 Å². The second kappa shape index (κ2) is 6.43. The van der Waals surface area contributed by atoms with E-state index in [1.807, 2.05) is 28.8 Å². The zero-order chi connectivity index (χ0) is 20.5. The normalized spacial score (nSPS) is 30.8. The molecule has 6 nitrogen and oxygen atoms in total. The van der Waals surface area contributed by atoms with Crippen molar-refractivity contribution >= 4 is 22.6 Å². The van der Waals surface area contributed by atoms with Crippen LogP contribution in [0.1, 0.15) is 45.4 Å². The largest absolute Gasteiger partial charge is 0.352 e. The number of amides is 1. The fourth-order valence-electron chi connectivity index (χ4n) is 7.22. The van der Waals surface area contributed by atoms with E-state index in [2.05, 4.69) is 17.2 Å². The Morgan fingerprint density at radius 3 is 2.50 bits per heavy atom. The number of pyridine rings is 1. The lowest BCUT2D eigenvalue weighted by molar-refractivity contribution is -0.126. The van der Waals surface area contributed by atoms with Crippen LogP contribution in [0.2, 0.25) is 0 Å². The molecule has 0 aliphatic heterocycles. The lowest BCUT2D eigenvalue weighted by Crippen LogP contribution is -2.56. The number of nitrogens with one attached hydrogen (secondary N) is 1. The molecule has 3 aromatic rings. The van der Waals surface area contributed by atoms with Crippen LogP contribution >= 0.6 is 0 Å². The molecule has 4 fully saturated rings. The van der Waals surface area contributed by atoms with Gasteiger partial charge in [-0.25, -0.2) is 4.98 Å². The van der Waals surface area contributed by atoms with E-state index in [0.717, 1.165) is 23.3 Å². The van der Waals surface area contributed by atoms with Gasteiger partial charge in [0.1, 0.15) is 12.1 Å². The van der Waals surface area contributed by atoms with Gasteiger partial charge in [-0.05, 0) is 92.9 Å². The number of hydrogen-bond acceptors (Lipinski definition) is 3. The summed E-state index contributed by atoms with van der Waals surface area (Å²) in [4.78, 5) is 30.6. The summed E-state index contributed by atoms with van der Waals surface area (Å²) in [6.07, 6.45) is 11.5. The maximum atomic E-state index is 13.1. The predicted octanol–water partition coefficient (Wildman–Crippen LogP) is 3.37. The van der Waals surface area contributed by atoms with Gasteiger partial charge in [0.2, 0.25) is 5.91 Å². The molecular formula is C24H28N4O2. The second-order valence-electron chi connectivity index (χ2n) is 10.1. The van der Waals surface area contributed by atoms with Gasteiger partial charge in [0.05, 0.1) is 5.52 Å². The molecule has 156 valence electrons. The van der Waals surface area contributed by atoms with Crippen molar-refractivity contribution in [3.8, 4) is 0 Å². The van der Waals surface area contributed by atoms with E-state index >= 15 is 0 Å². The molecule has 3 heterocycles. The second-order valence-corrected chi connectivity index (χ2v) is 10.1. The van der Waals surface area contributed by atoms with E-state index in [0.29, 0.717) is 11.2 Å². The smallest absolute Gasteiger partial charge is 0.276 e. The maximum Gasteiger partial charge on any atom is 0.276 e. The SMILES string of the molecule is CC(NC(=O)Cn1c(=O)c2cccn2c2cccnc21)C12CC3CC(CC(C3)C1)C2. The van der Waals surface area contributed by atoms with Crippen LogP contribution in [0, 0.1) is 23.2 Å². The van der Waals surface area contributed by atoms with Crippen molar-refractivity contribution in [1.29, 1.82) is 0 Å². The molecule has 4 aliphatic rings. The maximum absolute atomic E-state index is 13.1. The molecule has 0 spiro atoms. The van der Waals surface area contributed by atoms with Crippen LogP contribution in [-0.4, -0.2) is 25.9 Å². The number of fused-ring (bicyclic) bond motifs is 3. The summed E-state index contributed by atoms with van der Waals surface area (Å²) in [5, 5.41) is 3.29. The summed E-state index contributed by atoms with van der Waals surface area (Å²) in [6, 6.07) is 7.57. The molecule has 0 aromatic carbocycles. The van der Waals surface area contributed by atoms with E-state index in [4.69, 9.17) is 0 Å². The monoisotopic (exact) mass is 404 g/mol. The average Bonchev–Trinajstić information content (AvgIpc) is 3.20. The Labute approximate surface area is 175 Å². The molecule has 4 saturated carbocycles. The van der Waals surface area contributed by atoms with E-state index < -0.39 is 0 Å². The first-order valence-electron chi connectivity index (χ1n) is 11.3. The van der Waals surface area contributed by atoms with Gasteiger partial charge in [-0.15, -0.1) is 0 Å². The van der Waals surface area contributed by atoms with E-state index in [1.165, 1.54) is 43.1 Å². The zero-order valence-corrected chi connectivity index (χ0v) is 17.4. The molecular weight excluding hydrogens is 376 g/mol. The lowest BCUT2D eigenvalue weighted by Gasteiger charge is -2.59. The third-order valence-corrected chi connectivity index (χ3v) is 8.18. The van der Waals surface area contributed by atoms with Crippen LogP contribution in [-0.2, 0) is 11.3 Å². The Bertz CT molecular complexity index is 1170. The Morgan fingerprint density at radius 2 is 1.80 bits per heavy atom. The molecule has 1 unspecified atom stereocenters. The van der Waals surface area contributed by atoms with Crippen molar-refractivity contribution < 1.29 is 4.79 Å². The fourth-order valence-corrected chi connectivity index (χ4v) is 7.22. The van der Waals surface area contributed by atoms with E-state index in [1.54, 1.807) is 12.3 Å². The molecule has 7 rings (SSSR count). The third-order valence-electron chi connectivity index (χ3n) is 8.18. The van der Waals surface area contributed by atoms with E-state index in [9.17, 15) is 9.59 Å². The molecule has 4 bridgehead atoms. The summed E-state index contributed by atoms with van der Waals surface area (Å²) in [5.74, 6) is 2.46. The standard InChI is InChI=1S/C24H28N4O2/c1-15(24-11-16-8-17(12-24)10-18(9-16)13-24)26-21(29)14-28-22-19(4-2-6-25-22)27-7-3-5-20(27)23(28)30/h2-7,15-18H,8-14H2,1H3,(H,26,29). The van der Waals surface area contributed by atoms with Crippen molar-refractivity contribution in [3.63, 3.8) is 0 Å². The van der Waals surface area contributed by atoms with Gasteiger partial charge in [-0.2, -0.15) is 0 Å². The van der Waals surface area contributed by atoms with Gasteiger partial charge in [0.25, 0.3) is 5.56 Å². The first kappa shape index (κ1) is 18.2. The zero-order valence-electron chi connectivity index (χ0n) is 17.4. The van der Waals surface area contributed by atoms with Gasteiger partial charge < -0.3 is 9.72 Å². The minimum atomic E-state index is -0.177. The molecule has 4 aliphatic carbocycles. The molecule has 1 atom stereocenters. The summed E-state index contributed by atoms with van der Waals surface area (Å²) in [7, 11) is 0. The highest BCUT2D eigenvalue weighted by Crippen LogP contribution is 2.61. The van der Waals surface area contributed by atoms with Crippen LogP contribution in [0.5, 0.6) is 0 Å².